The number of aromatic nitrogens is 3. The summed E-state index contributed by atoms with van der Waals surface area (Å²) in [4.78, 5) is 22.1. The highest BCUT2D eigenvalue weighted by Crippen LogP contribution is 2.18. The monoisotopic (exact) mass is 260 g/mol. The van der Waals surface area contributed by atoms with Gasteiger partial charge in [-0.3, -0.25) is 4.79 Å². The molecule has 0 aliphatic carbocycles. The summed E-state index contributed by atoms with van der Waals surface area (Å²) in [5.41, 5.74) is 1.18. The summed E-state index contributed by atoms with van der Waals surface area (Å²) in [6, 6.07) is 1.57. The van der Waals surface area contributed by atoms with Crippen molar-refractivity contribution < 1.29 is 9.32 Å². The molecule has 100 valence electrons. The first-order chi connectivity index (χ1) is 9.13. The van der Waals surface area contributed by atoms with E-state index >= 15 is 0 Å². The Morgan fingerprint density at radius 2 is 2.11 bits per heavy atom. The van der Waals surface area contributed by atoms with Crippen LogP contribution in [0.15, 0.2) is 29.2 Å². The van der Waals surface area contributed by atoms with Gasteiger partial charge in [0.15, 0.2) is 0 Å². The fraction of sp³-hybridized carbons (Fsp3) is 0.385. The van der Waals surface area contributed by atoms with Crippen LogP contribution in [0.1, 0.15) is 41.8 Å². The average Bonchev–Trinajstić information content (AvgIpc) is 2.99. The Bertz CT molecular complexity index is 536. The third-order valence-electron chi connectivity index (χ3n) is 3.06. The molecule has 6 nitrogen and oxygen atoms in total. The first-order valence-electron chi connectivity index (χ1n) is 6.11. The van der Waals surface area contributed by atoms with Gasteiger partial charge in [-0.25, -0.2) is 9.97 Å². The molecule has 0 spiro atoms. The molecule has 19 heavy (non-hydrogen) atoms. The van der Waals surface area contributed by atoms with E-state index in [0.717, 1.165) is 12.2 Å². The number of hydrogen-bond acceptors (Lipinski definition) is 5. The van der Waals surface area contributed by atoms with Crippen molar-refractivity contribution in [2.24, 2.45) is 0 Å². The molecule has 0 aliphatic rings. The maximum Gasteiger partial charge on any atom is 0.257 e. The molecule has 2 rings (SSSR count). The summed E-state index contributed by atoms with van der Waals surface area (Å²) < 4.78 is 4.79. The normalized spacial score (nSPS) is 12.2. The predicted molar refractivity (Wildman–Crippen MR) is 68.4 cm³/mol. The molecule has 0 aliphatic heterocycles. The number of amides is 1. The van der Waals surface area contributed by atoms with Crippen LogP contribution >= 0.6 is 0 Å². The standard InChI is InChI=1S/C13H16N4O2/c1-4-12-14-7-10(8-15-12)13(18)17(3)9(2)11-5-6-19-16-11/h5-9H,4H2,1-3H3. The SMILES string of the molecule is CCc1ncc(C(=O)N(C)C(C)c2ccon2)cn1. The zero-order chi connectivity index (χ0) is 13.8. The minimum Gasteiger partial charge on any atom is -0.364 e. The summed E-state index contributed by atoms with van der Waals surface area (Å²) in [6.45, 7) is 3.85. The van der Waals surface area contributed by atoms with E-state index in [9.17, 15) is 4.79 Å². The van der Waals surface area contributed by atoms with Crippen LogP contribution in [0.4, 0.5) is 0 Å². The van der Waals surface area contributed by atoms with Crippen molar-refractivity contribution in [3.63, 3.8) is 0 Å². The molecule has 0 N–H and O–H groups in total. The number of carbonyl (C=O) groups excluding carboxylic acids is 1. The number of rotatable bonds is 4. The zero-order valence-electron chi connectivity index (χ0n) is 11.2. The Labute approximate surface area is 111 Å². The van der Waals surface area contributed by atoms with E-state index in [1.807, 2.05) is 13.8 Å². The Morgan fingerprint density at radius 1 is 1.42 bits per heavy atom. The van der Waals surface area contributed by atoms with Gasteiger partial charge in [-0.2, -0.15) is 0 Å². The predicted octanol–water partition coefficient (Wildman–Crippen LogP) is 1.86. The van der Waals surface area contributed by atoms with Gasteiger partial charge in [-0.1, -0.05) is 12.1 Å². The highest BCUT2D eigenvalue weighted by Gasteiger charge is 2.21. The van der Waals surface area contributed by atoms with Gasteiger partial charge in [0, 0.05) is 31.9 Å². The van der Waals surface area contributed by atoms with Crippen LogP contribution in [0.25, 0.3) is 0 Å². The maximum absolute atomic E-state index is 12.3. The van der Waals surface area contributed by atoms with E-state index in [-0.39, 0.29) is 11.9 Å². The second-order valence-corrected chi connectivity index (χ2v) is 4.26. The van der Waals surface area contributed by atoms with Gasteiger partial charge in [0.05, 0.1) is 11.6 Å². The van der Waals surface area contributed by atoms with Crippen LogP contribution in [0.5, 0.6) is 0 Å². The van der Waals surface area contributed by atoms with Gasteiger partial charge in [0.2, 0.25) is 0 Å². The number of hydrogen-bond donors (Lipinski definition) is 0. The topological polar surface area (TPSA) is 72.1 Å². The van der Waals surface area contributed by atoms with Crippen molar-refractivity contribution in [3.8, 4) is 0 Å². The van der Waals surface area contributed by atoms with Gasteiger partial charge in [-0.15, -0.1) is 0 Å². The molecule has 0 bridgehead atoms. The molecule has 2 aromatic rings. The summed E-state index contributed by atoms with van der Waals surface area (Å²) in [7, 11) is 1.72. The van der Waals surface area contributed by atoms with Crippen molar-refractivity contribution in [2.75, 3.05) is 7.05 Å². The molecule has 0 radical (unpaired) electrons. The lowest BCUT2D eigenvalue weighted by Crippen LogP contribution is -2.30. The van der Waals surface area contributed by atoms with Crippen LogP contribution in [0, 0.1) is 0 Å². The third kappa shape index (κ3) is 2.78. The van der Waals surface area contributed by atoms with Crippen molar-refractivity contribution >= 4 is 5.91 Å². The van der Waals surface area contributed by atoms with Crippen LogP contribution < -0.4 is 0 Å². The maximum atomic E-state index is 12.3. The minimum atomic E-state index is -0.169. The first-order valence-corrected chi connectivity index (χ1v) is 6.11. The quantitative estimate of drug-likeness (QED) is 0.839. The van der Waals surface area contributed by atoms with Gasteiger partial charge in [0.1, 0.15) is 17.8 Å². The molecule has 2 aromatic heterocycles. The Kier molecular flexibility index (Phi) is 3.89. The second-order valence-electron chi connectivity index (χ2n) is 4.26. The van der Waals surface area contributed by atoms with Gasteiger partial charge < -0.3 is 9.42 Å². The van der Waals surface area contributed by atoms with Crippen LogP contribution in [-0.4, -0.2) is 33.0 Å². The lowest BCUT2D eigenvalue weighted by atomic mass is 10.2. The van der Waals surface area contributed by atoms with Gasteiger partial charge >= 0.3 is 0 Å². The van der Waals surface area contributed by atoms with E-state index in [1.54, 1.807) is 30.4 Å². The van der Waals surface area contributed by atoms with E-state index < -0.39 is 0 Å². The molecule has 1 amide bonds. The fourth-order valence-electron chi connectivity index (χ4n) is 1.66. The Morgan fingerprint density at radius 3 is 2.63 bits per heavy atom. The number of aryl methyl sites for hydroxylation is 1. The first kappa shape index (κ1) is 13.2. The van der Waals surface area contributed by atoms with Gasteiger partial charge in [-0.05, 0) is 6.92 Å². The fourth-order valence-corrected chi connectivity index (χ4v) is 1.66. The Hall–Kier alpha value is -2.24. The highest BCUT2D eigenvalue weighted by atomic mass is 16.5. The Balaban J connectivity index is 2.14. The van der Waals surface area contributed by atoms with E-state index in [2.05, 4.69) is 15.1 Å². The molecule has 0 saturated carbocycles. The minimum absolute atomic E-state index is 0.141. The highest BCUT2D eigenvalue weighted by molar-refractivity contribution is 5.93. The molecule has 0 aromatic carbocycles. The smallest absolute Gasteiger partial charge is 0.257 e. The lowest BCUT2D eigenvalue weighted by molar-refractivity contribution is 0.0736. The zero-order valence-corrected chi connectivity index (χ0v) is 11.2. The van der Waals surface area contributed by atoms with Gasteiger partial charge in [0.25, 0.3) is 5.91 Å². The van der Waals surface area contributed by atoms with Crippen LogP contribution in [0.2, 0.25) is 0 Å². The summed E-state index contributed by atoms with van der Waals surface area (Å²) in [6.07, 6.45) is 5.35. The molecular formula is C13H16N4O2. The lowest BCUT2D eigenvalue weighted by Gasteiger charge is -2.22. The second kappa shape index (κ2) is 5.60. The van der Waals surface area contributed by atoms with Crippen molar-refractivity contribution in [1.82, 2.24) is 20.0 Å². The number of carbonyl (C=O) groups is 1. The van der Waals surface area contributed by atoms with E-state index in [1.165, 1.54) is 6.26 Å². The largest absolute Gasteiger partial charge is 0.364 e. The molecule has 1 unspecified atom stereocenters. The molecule has 1 atom stereocenters. The summed E-state index contributed by atoms with van der Waals surface area (Å²) in [5.74, 6) is 0.585. The van der Waals surface area contributed by atoms with Crippen LogP contribution in [-0.2, 0) is 6.42 Å². The third-order valence-corrected chi connectivity index (χ3v) is 3.06. The summed E-state index contributed by atoms with van der Waals surface area (Å²) in [5, 5.41) is 3.84. The van der Waals surface area contributed by atoms with Crippen LogP contribution in [0.3, 0.4) is 0 Å². The van der Waals surface area contributed by atoms with Crippen molar-refractivity contribution in [1.29, 1.82) is 0 Å². The summed E-state index contributed by atoms with van der Waals surface area (Å²) >= 11 is 0. The van der Waals surface area contributed by atoms with Crippen molar-refractivity contribution in [2.45, 2.75) is 26.3 Å². The van der Waals surface area contributed by atoms with E-state index in [4.69, 9.17) is 4.52 Å². The molecule has 2 heterocycles. The average molecular weight is 260 g/mol. The molecule has 0 saturated heterocycles. The molecule has 6 heteroatoms. The van der Waals surface area contributed by atoms with Crippen molar-refractivity contribution in [3.05, 3.63) is 41.8 Å². The molecule has 0 fully saturated rings. The van der Waals surface area contributed by atoms with E-state index in [0.29, 0.717) is 11.3 Å². The number of nitrogens with zero attached hydrogens (tertiary/aromatic N) is 4. The molecular weight excluding hydrogens is 244 g/mol.